The topological polar surface area (TPSA) is 74.9 Å². The van der Waals surface area contributed by atoms with Crippen molar-refractivity contribution in [2.45, 2.75) is 46.3 Å². The number of aryl methyl sites for hydroxylation is 2. The van der Waals surface area contributed by atoms with Gasteiger partial charge in [-0.15, -0.1) is 0 Å². The zero-order valence-corrected chi connectivity index (χ0v) is 15.4. The molecule has 1 unspecified atom stereocenters. The van der Waals surface area contributed by atoms with Gasteiger partial charge in [-0.2, -0.15) is 0 Å². The lowest BCUT2D eigenvalue weighted by Gasteiger charge is -2.30. The van der Waals surface area contributed by atoms with Gasteiger partial charge < -0.3 is 24.8 Å². The molecular weight excluding hydrogens is 306 g/mol. The first-order valence-corrected chi connectivity index (χ1v) is 8.96. The van der Waals surface area contributed by atoms with Gasteiger partial charge in [0.15, 0.2) is 5.96 Å². The molecule has 1 aliphatic rings. The molecule has 1 aliphatic heterocycles. The van der Waals surface area contributed by atoms with Gasteiger partial charge in [-0.1, -0.05) is 19.0 Å². The fraction of sp³-hybridized carbons (Fsp3) is 0.765. The quantitative estimate of drug-likeness (QED) is 0.575. The highest BCUT2D eigenvalue weighted by atomic mass is 16.5. The Hall–Kier alpha value is -1.60. The van der Waals surface area contributed by atoms with E-state index < -0.39 is 0 Å². The summed E-state index contributed by atoms with van der Waals surface area (Å²) in [5, 5.41) is 10.8. The highest BCUT2D eigenvalue weighted by Crippen LogP contribution is 2.16. The van der Waals surface area contributed by atoms with Gasteiger partial charge in [0, 0.05) is 38.2 Å². The second-order valence-corrected chi connectivity index (χ2v) is 6.07. The van der Waals surface area contributed by atoms with Crippen LogP contribution in [0, 0.1) is 0 Å². The van der Waals surface area contributed by atoms with Crippen LogP contribution in [0.2, 0.25) is 0 Å². The summed E-state index contributed by atoms with van der Waals surface area (Å²) < 4.78 is 11.2. The van der Waals surface area contributed by atoms with Crippen LogP contribution in [0.1, 0.15) is 37.8 Å². The SMILES string of the molecule is CCNC(=NCc1c(CC)noc1CC)NCC1CN(C)CCO1. The smallest absolute Gasteiger partial charge is 0.191 e. The average Bonchev–Trinajstić information content (AvgIpc) is 2.99. The predicted octanol–water partition coefficient (Wildman–Crippen LogP) is 1.19. The van der Waals surface area contributed by atoms with Crippen LogP contribution in [0.4, 0.5) is 0 Å². The van der Waals surface area contributed by atoms with Crippen LogP contribution in [0.15, 0.2) is 9.52 Å². The van der Waals surface area contributed by atoms with Crippen molar-refractivity contribution in [3.05, 3.63) is 17.0 Å². The fourth-order valence-electron chi connectivity index (χ4n) is 2.82. The third-order valence-electron chi connectivity index (χ3n) is 4.19. The predicted molar refractivity (Wildman–Crippen MR) is 95.3 cm³/mol. The Labute approximate surface area is 144 Å². The number of morpholine rings is 1. The molecule has 2 N–H and O–H groups in total. The lowest BCUT2D eigenvalue weighted by Crippen LogP contribution is -2.48. The van der Waals surface area contributed by atoms with Gasteiger partial charge in [-0.05, 0) is 20.4 Å². The number of ether oxygens (including phenoxy) is 1. The van der Waals surface area contributed by atoms with E-state index in [1.807, 2.05) is 0 Å². The molecule has 0 aromatic carbocycles. The van der Waals surface area contributed by atoms with Crippen molar-refractivity contribution in [1.82, 2.24) is 20.7 Å². The molecule has 24 heavy (non-hydrogen) atoms. The number of aromatic nitrogens is 1. The molecule has 1 atom stereocenters. The van der Waals surface area contributed by atoms with E-state index in [2.05, 4.69) is 48.5 Å². The third kappa shape index (κ3) is 5.21. The minimum absolute atomic E-state index is 0.195. The normalized spacial score (nSPS) is 19.5. The van der Waals surface area contributed by atoms with Crippen LogP contribution in [0.25, 0.3) is 0 Å². The monoisotopic (exact) mass is 337 g/mol. The van der Waals surface area contributed by atoms with Gasteiger partial charge in [0.2, 0.25) is 0 Å². The van der Waals surface area contributed by atoms with Crippen molar-refractivity contribution in [3.8, 4) is 0 Å². The summed E-state index contributed by atoms with van der Waals surface area (Å²) in [6, 6.07) is 0. The Morgan fingerprint density at radius 2 is 2.12 bits per heavy atom. The van der Waals surface area contributed by atoms with Crippen LogP contribution < -0.4 is 10.6 Å². The molecule has 1 saturated heterocycles. The largest absolute Gasteiger partial charge is 0.374 e. The standard InChI is InChI=1S/C17H31N5O2/c1-5-15-14(16(6-2)24-21-15)11-20-17(18-7-3)19-10-13-12-22(4)8-9-23-13/h13H,5-12H2,1-4H3,(H2,18,19,20). The molecule has 0 spiro atoms. The van der Waals surface area contributed by atoms with Crippen molar-refractivity contribution in [1.29, 1.82) is 0 Å². The van der Waals surface area contributed by atoms with Gasteiger partial charge >= 0.3 is 0 Å². The summed E-state index contributed by atoms with van der Waals surface area (Å²) in [6.07, 6.45) is 1.89. The lowest BCUT2D eigenvalue weighted by molar-refractivity contribution is -0.0161. The van der Waals surface area contributed by atoms with Gasteiger partial charge in [0.25, 0.3) is 0 Å². The van der Waals surface area contributed by atoms with Gasteiger partial charge in [-0.25, -0.2) is 4.99 Å². The van der Waals surface area contributed by atoms with Gasteiger partial charge in [-0.3, -0.25) is 0 Å². The van der Waals surface area contributed by atoms with E-state index in [9.17, 15) is 0 Å². The first kappa shape index (κ1) is 18.7. The molecule has 1 aromatic rings. The van der Waals surface area contributed by atoms with Crippen molar-refractivity contribution >= 4 is 5.96 Å². The summed E-state index contributed by atoms with van der Waals surface area (Å²) >= 11 is 0. The molecule has 1 aromatic heterocycles. The molecule has 1 fully saturated rings. The number of rotatable bonds is 7. The zero-order valence-electron chi connectivity index (χ0n) is 15.4. The molecular formula is C17H31N5O2. The number of hydrogen-bond donors (Lipinski definition) is 2. The number of nitrogens with one attached hydrogen (secondary N) is 2. The van der Waals surface area contributed by atoms with E-state index in [0.29, 0.717) is 6.54 Å². The van der Waals surface area contributed by atoms with Crippen LogP contribution >= 0.6 is 0 Å². The molecule has 7 heteroatoms. The van der Waals surface area contributed by atoms with Crippen LogP contribution in [-0.4, -0.2) is 62.0 Å². The van der Waals surface area contributed by atoms with E-state index in [-0.39, 0.29) is 6.10 Å². The molecule has 0 aliphatic carbocycles. The number of guanidine groups is 1. The van der Waals surface area contributed by atoms with Crippen LogP contribution in [-0.2, 0) is 24.1 Å². The number of nitrogens with zero attached hydrogens (tertiary/aromatic N) is 3. The summed E-state index contributed by atoms with van der Waals surface area (Å²) in [5.74, 6) is 1.74. The molecule has 2 rings (SSSR count). The van der Waals surface area contributed by atoms with E-state index in [1.165, 1.54) is 0 Å². The van der Waals surface area contributed by atoms with E-state index in [0.717, 1.165) is 68.6 Å². The number of hydrogen-bond acceptors (Lipinski definition) is 5. The minimum Gasteiger partial charge on any atom is -0.374 e. The molecule has 0 bridgehead atoms. The van der Waals surface area contributed by atoms with Crippen molar-refractivity contribution in [3.63, 3.8) is 0 Å². The summed E-state index contributed by atoms with van der Waals surface area (Å²) in [6.45, 7) is 11.1. The molecule has 0 radical (unpaired) electrons. The first-order chi connectivity index (χ1) is 11.7. The highest BCUT2D eigenvalue weighted by Gasteiger charge is 2.18. The summed E-state index contributed by atoms with van der Waals surface area (Å²) in [5.41, 5.74) is 2.12. The second kappa shape index (κ2) is 9.64. The maximum atomic E-state index is 5.79. The molecule has 2 heterocycles. The number of likely N-dealkylation sites (N-methyl/N-ethyl adjacent to an activating group) is 1. The molecule has 0 saturated carbocycles. The van der Waals surface area contributed by atoms with Crippen molar-refractivity contribution in [2.24, 2.45) is 4.99 Å². The van der Waals surface area contributed by atoms with E-state index >= 15 is 0 Å². The highest BCUT2D eigenvalue weighted by molar-refractivity contribution is 5.79. The summed E-state index contributed by atoms with van der Waals surface area (Å²) in [7, 11) is 2.12. The van der Waals surface area contributed by atoms with E-state index in [1.54, 1.807) is 0 Å². The zero-order chi connectivity index (χ0) is 17.4. The second-order valence-electron chi connectivity index (χ2n) is 6.07. The molecule has 0 amide bonds. The summed E-state index contributed by atoms with van der Waals surface area (Å²) in [4.78, 5) is 6.99. The maximum Gasteiger partial charge on any atom is 0.191 e. The Morgan fingerprint density at radius 1 is 1.29 bits per heavy atom. The van der Waals surface area contributed by atoms with Gasteiger partial charge in [0.1, 0.15) is 5.76 Å². The molecule has 7 nitrogen and oxygen atoms in total. The fourth-order valence-corrected chi connectivity index (χ4v) is 2.82. The minimum atomic E-state index is 0.195. The lowest BCUT2D eigenvalue weighted by atomic mass is 10.1. The first-order valence-electron chi connectivity index (χ1n) is 8.96. The molecule has 136 valence electrons. The van der Waals surface area contributed by atoms with Gasteiger partial charge in [0.05, 0.1) is 24.9 Å². The Kier molecular flexibility index (Phi) is 7.52. The maximum absolute atomic E-state index is 5.79. The Morgan fingerprint density at radius 3 is 2.79 bits per heavy atom. The van der Waals surface area contributed by atoms with E-state index in [4.69, 9.17) is 14.3 Å². The average molecular weight is 337 g/mol. The Balaban J connectivity index is 1.96. The number of aliphatic imine (C=N–C) groups is 1. The van der Waals surface area contributed by atoms with Crippen LogP contribution in [0.3, 0.4) is 0 Å². The van der Waals surface area contributed by atoms with Crippen molar-refractivity contribution < 1.29 is 9.26 Å². The van der Waals surface area contributed by atoms with Crippen LogP contribution in [0.5, 0.6) is 0 Å². The third-order valence-corrected chi connectivity index (χ3v) is 4.19. The van der Waals surface area contributed by atoms with Crippen molar-refractivity contribution in [2.75, 3.05) is 39.8 Å². The Bertz CT molecular complexity index is 508.